The van der Waals surface area contributed by atoms with Gasteiger partial charge in [-0.2, -0.15) is 0 Å². The first-order valence-electron chi connectivity index (χ1n) is 11.2. The fourth-order valence-corrected chi connectivity index (χ4v) is 4.22. The number of hydrogen-bond donors (Lipinski definition) is 1. The SMILES string of the molecule is O=c1ccc2ccc(OCC(O)CSc3nnc(-c4ccc(F)cc4)c(-c4ccc(F)cc4)n3)cc2o1. The molecule has 1 atom stereocenters. The Balaban J connectivity index is 1.29. The molecule has 5 rings (SSSR count). The number of rotatable bonds is 8. The van der Waals surface area contributed by atoms with Crippen LogP contribution in [-0.2, 0) is 0 Å². The van der Waals surface area contributed by atoms with Crippen LogP contribution in [0.3, 0.4) is 0 Å². The molecule has 0 spiro atoms. The van der Waals surface area contributed by atoms with Gasteiger partial charge in [0, 0.05) is 34.4 Å². The van der Waals surface area contributed by atoms with Gasteiger partial charge in [0.1, 0.15) is 41.0 Å². The molecule has 5 aromatic rings. The zero-order chi connectivity index (χ0) is 25.8. The highest BCUT2D eigenvalue weighted by atomic mass is 32.2. The van der Waals surface area contributed by atoms with Gasteiger partial charge in [-0.05, 0) is 66.7 Å². The highest BCUT2D eigenvalue weighted by Crippen LogP contribution is 2.30. The summed E-state index contributed by atoms with van der Waals surface area (Å²) in [5.41, 5.74) is 2.03. The zero-order valence-electron chi connectivity index (χ0n) is 19.2. The minimum absolute atomic E-state index is 0.0124. The van der Waals surface area contributed by atoms with Crippen LogP contribution in [0, 0.1) is 11.6 Å². The number of benzene rings is 3. The van der Waals surface area contributed by atoms with Crippen LogP contribution in [0.4, 0.5) is 8.78 Å². The molecule has 1 unspecified atom stereocenters. The fraction of sp³-hybridized carbons (Fsp3) is 0.111. The van der Waals surface area contributed by atoms with Crippen LogP contribution < -0.4 is 10.4 Å². The smallest absolute Gasteiger partial charge is 0.336 e. The summed E-state index contributed by atoms with van der Waals surface area (Å²) in [6.45, 7) is -0.0124. The molecular formula is C27H19F2N3O4S. The van der Waals surface area contributed by atoms with Gasteiger partial charge in [0.15, 0.2) is 0 Å². The zero-order valence-corrected chi connectivity index (χ0v) is 20.0. The van der Waals surface area contributed by atoms with E-state index in [9.17, 15) is 18.7 Å². The van der Waals surface area contributed by atoms with Crippen molar-refractivity contribution in [1.29, 1.82) is 0 Å². The van der Waals surface area contributed by atoms with Crippen LogP contribution in [0.5, 0.6) is 5.75 Å². The predicted octanol–water partition coefficient (Wildman–Crippen LogP) is 5.12. The van der Waals surface area contributed by atoms with Crippen molar-refractivity contribution in [2.75, 3.05) is 12.4 Å². The van der Waals surface area contributed by atoms with Crippen LogP contribution >= 0.6 is 11.8 Å². The predicted molar refractivity (Wildman–Crippen MR) is 135 cm³/mol. The average Bonchev–Trinajstić information content (AvgIpc) is 2.91. The Morgan fingerprint density at radius 1 is 0.865 bits per heavy atom. The molecule has 0 bridgehead atoms. The van der Waals surface area contributed by atoms with Crippen molar-refractivity contribution in [2.24, 2.45) is 0 Å². The summed E-state index contributed by atoms with van der Waals surface area (Å²) in [5.74, 6) is -0.112. The Labute approximate surface area is 213 Å². The van der Waals surface area contributed by atoms with Gasteiger partial charge in [-0.1, -0.05) is 11.8 Å². The first-order chi connectivity index (χ1) is 17.9. The Kier molecular flexibility index (Phi) is 7.20. The number of halogens is 2. The molecule has 1 N–H and O–H groups in total. The largest absolute Gasteiger partial charge is 0.491 e. The van der Waals surface area contributed by atoms with E-state index in [1.807, 2.05) is 0 Å². The lowest BCUT2D eigenvalue weighted by molar-refractivity contribution is 0.126. The monoisotopic (exact) mass is 519 g/mol. The molecule has 0 aliphatic rings. The molecule has 0 saturated carbocycles. The van der Waals surface area contributed by atoms with Crippen molar-refractivity contribution < 1.29 is 23.0 Å². The summed E-state index contributed by atoms with van der Waals surface area (Å²) in [6.07, 6.45) is -0.863. The summed E-state index contributed by atoms with van der Waals surface area (Å²) in [4.78, 5) is 16.0. The van der Waals surface area contributed by atoms with E-state index < -0.39 is 11.7 Å². The first-order valence-corrected chi connectivity index (χ1v) is 12.2. The normalized spacial score (nSPS) is 12.0. The molecule has 37 heavy (non-hydrogen) atoms. The Bertz CT molecular complexity index is 1590. The number of aliphatic hydroxyl groups is 1. The lowest BCUT2D eigenvalue weighted by Gasteiger charge is -2.13. The Morgan fingerprint density at radius 3 is 2.22 bits per heavy atom. The topological polar surface area (TPSA) is 98.3 Å². The number of ether oxygens (including phenoxy) is 1. The second-order valence-electron chi connectivity index (χ2n) is 8.04. The first kappa shape index (κ1) is 24.5. The molecule has 186 valence electrons. The van der Waals surface area contributed by atoms with Crippen molar-refractivity contribution >= 4 is 22.7 Å². The molecule has 0 aliphatic carbocycles. The van der Waals surface area contributed by atoms with Crippen LogP contribution in [0.1, 0.15) is 0 Å². The highest BCUT2D eigenvalue weighted by molar-refractivity contribution is 7.99. The molecule has 7 nitrogen and oxygen atoms in total. The molecule has 0 amide bonds. The molecule has 0 aliphatic heterocycles. The van der Waals surface area contributed by atoms with Gasteiger partial charge in [-0.15, -0.1) is 10.2 Å². The van der Waals surface area contributed by atoms with E-state index >= 15 is 0 Å². The van der Waals surface area contributed by atoms with E-state index in [1.165, 1.54) is 42.1 Å². The lowest BCUT2D eigenvalue weighted by atomic mass is 10.0. The number of thioether (sulfide) groups is 1. The molecule has 2 heterocycles. The summed E-state index contributed by atoms with van der Waals surface area (Å²) < 4.78 is 37.7. The summed E-state index contributed by atoms with van der Waals surface area (Å²) in [7, 11) is 0. The van der Waals surface area contributed by atoms with E-state index in [4.69, 9.17) is 9.15 Å². The summed E-state index contributed by atoms with van der Waals surface area (Å²) in [5, 5.41) is 19.9. The van der Waals surface area contributed by atoms with Crippen LogP contribution in [0.25, 0.3) is 33.5 Å². The van der Waals surface area contributed by atoms with Gasteiger partial charge in [-0.25, -0.2) is 18.6 Å². The number of fused-ring (bicyclic) bond motifs is 1. The van der Waals surface area contributed by atoms with Crippen LogP contribution in [-0.4, -0.2) is 38.8 Å². The van der Waals surface area contributed by atoms with Gasteiger partial charge < -0.3 is 14.3 Å². The van der Waals surface area contributed by atoms with E-state index in [2.05, 4.69) is 15.2 Å². The van der Waals surface area contributed by atoms with E-state index in [0.29, 0.717) is 39.0 Å². The van der Waals surface area contributed by atoms with Gasteiger partial charge >= 0.3 is 5.63 Å². The average molecular weight is 520 g/mol. The van der Waals surface area contributed by atoms with Crippen molar-refractivity contribution in [3.05, 3.63) is 101 Å². The second kappa shape index (κ2) is 10.9. The maximum absolute atomic E-state index is 13.5. The van der Waals surface area contributed by atoms with Crippen LogP contribution in [0.2, 0.25) is 0 Å². The standard InChI is InChI=1S/C27H19F2N3O4S/c28-19-7-1-17(2-8-19)25-26(18-3-9-20(29)10-4-18)31-32-27(30-25)37-15-21(33)14-35-22-11-5-16-6-12-24(34)36-23(16)13-22/h1-13,21,33H,14-15H2. The summed E-state index contributed by atoms with van der Waals surface area (Å²) >= 11 is 1.18. The van der Waals surface area contributed by atoms with Gasteiger partial charge in [-0.3, -0.25) is 0 Å². The van der Waals surface area contributed by atoms with Crippen molar-refractivity contribution in [3.63, 3.8) is 0 Å². The van der Waals surface area contributed by atoms with Gasteiger partial charge in [0.25, 0.3) is 0 Å². The quantitative estimate of drug-likeness (QED) is 0.223. The number of aliphatic hydroxyl groups excluding tert-OH is 1. The number of aromatic nitrogens is 3. The highest BCUT2D eigenvalue weighted by Gasteiger charge is 2.16. The number of hydrogen-bond acceptors (Lipinski definition) is 8. The Hall–Kier alpha value is -4.15. The third-order valence-electron chi connectivity index (χ3n) is 5.34. The van der Waals surface area contributed by atoms with E-state index in [0.717, 1.165) is 5.39 Å². The van der Waals surface area contributed by atoms with Crippen molar-refractivity contribution in [2.45, 2.75) is 11.3 Å². The number of nitrogens with zero attached hydrogens (tertiary/aromatic N) is 3. The minimum atomic E-state index is -0.863. The minimum Gasteiger partial charge on any atom is -0.491 e. The van der Waals surface area contributed by atoms with Gasteiger partial charge in [0.05, 0.1) is 6.10 Å². The van der Waals surface area contributed by atoms with Crippen molar-refractivity contribution in [3.8, 4) is 28.3 Å². The third-order valence-corrected chi connectivity index (χ3v) is 6.33. The third kappa shape index (κ3) is 5.99. The summed E-state index contributed by atoms with van der Waals surface area (Å²) in [6, 6.07) is 19.6. The van der Waals surface area contributed by atoms with E-state index in [1.54, 1.807) is 48.5 Å². The Morgan fingerprint density at radius 2 is 1.51 bits per heavy atom. The lowest BCUT2D eigenvalue weighted by Crippen LogP contribution is -2.20. The maximum Gasteiger partial charge on any atom is 0.336 e. The second-order valence-corrected chi connectivity index (χ2v) is 9.02. The molecule has 0 fully saturated rings. The maximum atomic E-state index is 13.5. The molecule has 0 saturated heterocycles. The molecule has 0 radical (unpaired) electrons. The van der Waals surface area contributed by atoms with E-state index in [-0.39, 0.29) is 24.0 Å². The molecular weight excluding hydrogens is 500 g/mol. The molecule has 3 aromatic carbocycles. The van der Waals surface area contributed by atoms with Gasteiger partial charge in [0.2, 0.25) is 5.16 Å². The van der Waals surface area contributed by atoms with Crippen molar-refractivity contribution in [1.82, 2.24) is 15.2 Å². The van der Waals surface area contributed by atoms with Crippen LogP contribution in [0.15, 0.2) is 93.2 Å². The fourth-order valence-electron chi connectivity index (χ4n) is 3.53. The molecule has 2 aromatic heterocycles. The molecule has 10 heteroatoms.